The van der Waals surface area contributed by atoms with Crippen LogP contribution in [0.15, 0.2) is 18.2 Å². The van der Waals surface area contributed by atoms with Gasteiger partial charge in [0.05, 0.1) is 14.2 Å². The molecule has 0 spiro atoms. The molecule has 1 aromatic rings. The molecular formula is C11H10F3NO4. The second-order valence-corrected chi connectivity index (χ2v) is 3.35. The van der Waals surface area contributed by atoms with Gasteiger partial charge in [-0.2, -0.15) is 13.2 Å². The minimum absolute atomic E-state index is 0.157. The maximum absolute atomic E-state index is 12.0. The van der Waals surface area contributed by atoms with Gasteiger partial charge in [-0.15, -0.1) is 0 Å². The van der Waals surface area contributed by atoms with E-state index in [2.05, 4.69) is 0 Å². The van der Waals surface area contributed by atoms with Crippen LogP contribution in [0.25, 0.3) is 0 Å². The molecule has 0 saturated carbocycles. The van der Waals surface area contributed by atoms with Gasteiger partial charge in [-0.1, -0.05) is 0 Å². The van der Waals surface area contributed by atoms with Crippen molar-refractivity contribution in [1.29, 1.82) is 0 Å². The number of carbonyl (C=O) groups is 2. The van der Waals surface area contributed by atoms with Crippen molar-refractivity contribution >= 4 is 11.8 Å². The summed E-state index contributed by atoms with van der Waals surface area (Å²) in [6.07, 6.45) is -5.12. The molecule has 0 bridgehead atoms. The molecule has 0 radical (unpaired) electrons. The van der Waals surface area contributed by atoms with Gasteiger partial charge in [0.2, 0.25) is 0 Å². The minimum Gasteiger partial charge on any atom is -0.493 e. The summed E-state index contributed by atoms with van der Waals surface area (Å²) in [5, 5.41) is 1.23. The lowest BCUT2D eigenvalue weighted by atomic mass is 10.2. The average Bonchev–Trinajstić information content (AvgIpc) is 2.36. The fraction of sp³-hybridized carbons (Fsp3) is 0.273. The van der Waals surface area contributed by atoms with Gasteiger partial charge in [0.1, 0.15) is 0 Å². The third kappa shape index (κ3) is 3.60. The lowest BCUT2D eigenvalue weighted by molar-refractivity contribution is -0.172. The molecule has 0 unspecified atom stereocenters. The van der Waals surface area contributed by atoms with Crippen LogP contribution < -0.4 is 14.8 Å². The number of halogens is 3. The summed E-state index contributed by atoms with van der Waals surface area (Å²) in [6, 6.07) is 3.71. The number of methoxy groups -OCH3 is 2. The summed E-state index contributed by atoms with van der Waals surface area (Å²) >= 11 is 0. The van der Waals surface area contributed by atoms with Gasteiger partial charge in [-0.05, 0) is 18.2 Å². The first-order valence-electron chi connectivity index (χ1n) is 4.94. The fourth-order valence-corrected chi connectivity index (χ4v) is 1.22. The van der Waals surface area contributed by atoms with Crippen molar-refractivity contribution in [3.8, 4) is 11.5 Å². The number of hydrogen-bond donors (Lipinski definition) is 1. The van der Waals surface area contributed by atoms with E-state index in [1.54, 1.807) is 0 Å². The molecule has 0 fully saturated rings. The molecule has 0 atom stereocenters. The number of nitrogens with one attached hydrogen (secondary N) is 1. The van der Waals surface area contributed by atoms with Crippen LogP contribution in [0.5, 0.6) is 11.5 Å². The SMILES string of the molecule is COc1ccc(C(=O)NC(=O)C(F)(F)F)cc1OC. The van der Waals surface area contributed by atoms with Crippen molar-refractivity contribution in [2.24, 2.45) is 0 Å². The fourth-order valence-electron chi connectivity index (χ4n) is 1.22. The molecule has 0 heterocycles. The topological polar surface area (TPSA) is 64.6 Å². The van der Waals surface area contributed by atoms with E-state index in [0.717, 1.165) is 6.07 Å². The highest BCUT2D eigenvalue weighted by Crippen LogP contribution is 2.27. The summed E-state index contributed by atoms with van der Waals surface area (Å²) in [4.78, 5) is 22.1. The third-order valence-corrected chi connectivity index (χ3v) is 2.13. The van der Waals surface area contributed by atoms with Gasteiger partial charge in [-0.25, -0.2) is 0 Å². The molecule has 19 heavy (non-hydrogen) atoms. The van der Waals surface area contributed by atoms with Crippen LogP contribution in [0.3, 0.4) is 0 Å². The van der Waals surface area contributed by atoms with Crippen molar-refractivity contribution in [3.63, 3.8) is 0 Å². The highest BCUT2D eigenvalue weighted by atomic mass is 19.4. The lowest BCUT2D eigenvalue weighted by Crippen LogP contribution is -2.40. The van der Waals surface area contributed by atoms with Gasteiger partial charge < -0.3 is 9.47 Å². The number of imide groups is 1. The van der Waals surface area contributed by atoms with Crippen LogP contribution in [-0.4, -0.2) is 32.2 Å². The van der Waals surface area contributed by atoms with E-state index in [4.69, 9.17) is 9.47 Å². The van der Waals surface area contributed by atoms with Gasteiger partial charge in [0, 0.05) is 5.56 Å². The predicted octanol–water partition coefficient (Wildman–Crippen LogP) is 1.52. The highest BCUT2D eigenvalue weighted by Gasteiger charge is 2.39. The van der Waals surface area contributed by atoms with E-state index in [1.807, 2.05) is 0 Å². The summed E-state index contributed by atoms with van der Waals surface area (Å²) in [6.45, 7) is 0. The Bertz CT molecular complexity index is 499. The van der Waals surface area contributed by atoms with Crippen LogP contribution in [0, 0.1) is 0 Å². The van der Waals surface area contributed by atoms with Gasteiger partial charge in [0.25, 0.3) is 5.91 Å². The number of amides is 2. The van der Waals surface area contributed by atoms with Gasteiger partial charge >= 0.3 is 12.1 Å². The minimum atomic E-state index is -5.12. The average molecular weight is 277 g/mol. The van der Waals surface area contributed by atoms with E-state index in [9.17, 15) is 22.8 Å². The molecule has 0 saturated heterocycles. The van der Waals surface area contributed by atoms with Crippen LogP contribution in [0.4, 0.5) is 13.2 Å². The number of rotatable bonds is 3. The molecule has 104 valence electrons. The number of alkyl halides is 3. The van der Waals surface area contributed by atoms with Crippen molar-refractivity contribution < 1.29 is 32.2 Å². The molecular weight excluding hydrogens is 267 g/mol. The molecule has 1 aromatic carbocycles. The molecule has 2 amide bonds. The number of carbonyl (C=O) groups excluding carboxylic acids is 2. The van der Waals surface area contributed by atoms with E-state index < -0.39 is 18.0 Å². The molecule has 1 N–H and O–H groups in total. The molecule has 0 aliphatic heterocycles. The monoisotopic (exact) mass is 277 g/mol. The Kier molecular flexibility index (Phi) is 4.36. The van der Waals surface area contributed by atoms with Crippen LogP contribution in [-0.2, 0) is 4.79 Å². The molecule has 1 rings (SSSR count). The van der Waals surface area contributed by atoms with E-state index in [-0.39, 0.29) is 11.3 Å². The molecule has 0 aliphatic carbocycles. The van der Waals surface area contributed by atoms with E-state index in [1.165, 1.54) is 31.7 Å². The Morgan fingerprint density at radius 2 is 1.68 bits per heavy atom. The Hall–Kier alpha value is -2.25. The van der Waals surface area contributed by atoms with Crippen molar-refractivity contribution in [2.75, 3.05) is 14.2 Å². The first kappa shape index (κ1) is 14.8. The first-order valence-corrected chi connectivity index (χ1v) is 4.94. The smallest absolute Gasteiger partial charge is 0.471 e. The molecule has 0 aliphatic rings. The predicted molar refractivity (Wildman–Crippen MR) is 58.1 cm³/mol. The Morgan fingerprint density at radius 3 is 2.16 bits per heavy atom. The Labute approximate surface area is 106 Å². The second kappa shape index (κ2) is 5.59. The largest absolute Gasteiger partial charge is 0.493 e. The van der Waals surface area contributed by atoms with Crippen LogP contribution in [0.2, 0.25) is 0 Å². The maximum Gasteiger partial charge on any atom is 0.471 e. The first-order chi connectivity index (χ1) is 8.79. The number of benzene rings is 1. The number of ether oxygens (including phenoxy) is 2. The summed E-state index contributed by atoms with van der Waals surface area (Å²) < 4.78 is 45.7. The van der Waals surface area contributed by atoms with E-state index >= 15 is 0 Å². The zero-order valence-corrected chi connectivity index (χ0v) is 10.00. The summed E-state index contributed by atoms with van der Waals surface area (Å²) in [5.41, 5.74) is -0.157. The number of hydrogen-bond acceptors (Lipinski definition) is 4. The summed E-state index contributed by atoms with van der Waals surface area (Å²) in [7, 11) is 2.67. The summed E-state index contributed by atoms with van der Waals surface area (Å²) in [5.74, 6) is -3.04. The normalized spacial score (nSPS) is 10.8. The van der Waals surface area contributed by atoms with Crippen molar-refractivity contribution in [3.05, 3.63) is 23.8 Å². The van der Waals surface area contributed by atoms with Crippen LogP contribution in [0.1, 0.15) is 10.4 Å². The van der Waals surface area contributed by atoms with Crippen LogP contribution >= 0.6 is 0 Å². The van der Waals surface area contributed by atoms with Crippen molar-refractivity contribution in [1.82, 2.24) is 5.32 Å². The molecule has 5 nitrogen and oxygen atoms in total. The van der Waals surface area contributed by atoms with Gasteiger partial charge in [0.15, 0.2) is 11.5 Å². The standard InChI is InChI=1S/C11H10F3NO4/c1-18-7-4-3-6(5-8(7)19-2)9(16)15-10(17)11(12,13)14/h3-5H,1-2H3,(H,15,16,17). The second-order valence-electron chi connectivity index (χ2n) is 3.35. The van der Waals surface area contributed by atoms with E-state index in [0.29, 0.717) is 5.75 Å². The van der Waals surface area contributed by atoms with Crippen molar-refractivity contribution in [2.45, 2.75) is 6.18 Å². The maximum atomic E-state index is 12.0. The third-order valence-electron chi connectivity index (χ3n) is 2.13. The molecule has 8 heteroatoms. The highest BCUT2D eigenvalue weighted by molar-refractivity contribution is 6.06. The zero-order valence-electron chi connectivity index (χ0n) is 10.00. The quantitative estimate of drug-likeness (QED) is 0.909. The zero-order chi connectivity index (χ0) is 14.6. The Morgan fingerprint density at radius 1 is 1.11 bits per heavy atom. The lowest BCUT2D eigenvalue weighted by Gasteiger charge is -2.10. The Balaban J connectivity index is 2.92. The van der Waals surface area contributed by atoms with Gasteiger partial charge in [-0.3, -0.25) is 14.9 Å². The molecule has 0 aromatic heterocycles.